The Morgan fingerprint density at radius 2 is 1.84 bits per heavy atom. The molecule has 2 aromatic rings. The van der Waals surface area contributed by atoms with E-state index >= 15 is 0 Å². The molecule has 19 heavy (non-hydrogen) atoms. The van der Waals surface area contributed by atoms with Gasteiger partial charge in [-0.15, -0.1) is 0 Å². The average molecular weight is 276 g/mol. The molecule has 0 spiro atoms. The van der Waals surface area contributed by atoms with Gasteiger partial charge < -0.3 is 4.90 Å². The first-order chi connectivity index (χ1) is 9.16. The van der Waals surface area contributed by atoms with Crippen molar-refractivity contribution in [2.45, 2.75) is 0 Å². The van der Waals surface area contributed by atoms with Crippen molar-refractivity contribution >= 4 is 29.3 Å². The van der Waals surface area contributed by atoms with Crippen LogP contribution in [0.25, 0.3) is 0 Å². The third-order valence-corrected chi connectivity index (χ3v) is 2.72. The standard InChI is InChI=1S/C13H14ClN5/c1-19(2)11-5-3-10(4-6-11)9-17-18-13-12(14)15-7-8-16-13/h3-9H,1-2H3,(H,16,18)/b17-9-. The van der Waals surface area contributed by atoms with Crippen molar-refractivity contribution in [1.29, 1.82) is 0 Å². The van der Waals surface area contributed by atoms with Crippen LogP contribution in [0.4, 0.5) is 11.5 Å². The molecule has 1 heterocycles. The Labute approximate surface area is 117 Å². The number of nitrogens with zero attached hydrogens (tertiary/aromatic N) is 4. The predicted octanol–water partition coefficient (Wildman–Crippen LogP) is 2.64. The van der Waals surface area contributed by atoms with Gasteiger partial charge in [-0.05, 0) is 17.7 Å². The second-order valence-electron chi connectivity index (χ2n) is 4.05. The van der Waals surface area contributed by atoms with Gasteiger partial charge in [-0.1, -0.05) is 23.7 Å². The molecule has 0 atom stereocenters. The molecule has 0 aliphatic rings. The smallest absolute Gasteiger partial charge is 0.184 e. The van der Waals surface area contributed by atoms with Crippen LogP contribution in [0.1, 0.15) is 5.56 Å². The molecular formula is C13H14ClN5. The average Bonchev–Trinajstić information content (AvgIpc) is 2.41. The van der Waals surface area contributed by atoms with Gasteiger partial charge in [0.05, 0.1) is 6.21 Å². The molecule has 1 aromatic heterocycles. The Kier molecular flexibility index (Phi) is 4.30. The van der Waals surface area contributed by atoms with E-state index in [4.69, 9.17) is 11.6 Å². The van der Waals surface area contributed by atoms with E-state index in [1.807, 2.05) is 43.3 Å². The Hall–Kier alpha value is -2.14. The molecule has 0 radical (unpaired) electrons. The summed E-state index contributed by atoms with van der Waals surface area (Å²) in [6.45, 7) is 0. The fraction of sp³-hybridized carbons (Fsp3) is 0.154. The molecular weight excluding hydrogens is 262 g/mol. The second kappa shape index (κ2) is 6.15. The summed E-state index contributed by atoms with van der Waals surface area (Å²) in [4.78, 5) is 9.96. The predicted molar refractivity (Wildman–Crippen MR) is 79.0 cm³/mol. The summed E-state index contributed by atoms with van der Waals surface area (Å²) in [6, 6.07) is 8.02. The van der Waals surface area contributed by atoms with Gasteiger partial charge in [0.15, 0.2) is 11.0 Å². The molecule has 0 unspecified atom stereocenters. The Morgan fingerprint density at radius 1 is 1.16 bits per heavy atom. The number of halogens is 1. The molecule has 1 aromatic carbocycles. The molecule has 0 aliphatic carbocycles. The second-order valence-corrected chi connectivity index (χ2v) is 4.41. The fourth-order valence-electron chi connectivity index (χ4n) is 1.42. The molecule has 2 rings (SSSR count). The van der Waals surface area contributed by atoms with Gasteiger partial charge in [0, 0.05) is 32.2 Å². The minimum absolute atomic E-state index is 0.294. The normalized spacial score (nSPS) is 10.7. The molecule has 0 saturated heterocycles. The van der Waals surface area contributed by atoms with E-state index in [0.29, 0.717) is 11.0 Å². The third kappa shape index (κ3) is 3.66. The van der Waals surface area contributed by atoms with E-state index in [1.165, 1.54) is 6.20 Å². The van der Waals surface area contributed by atoms with Crippen LogP contribution in [0, 0.1) is 0 Å². The van der Waals surface area contributed by atoms with Gasteiger partial charge >= 0.3 is 0 Å². The molecule has 6 heteroatoms. The summed E-state index contributed by atoms with van der Waals surface area (Å²) >= 11 is 5.85. The lowest BCUT2D eigenvalue weighted by molar-refractivity contribution is 1.13. The molecule has 0 saturated carbocycles. The third-order valence-electron chi connectivity index (χ3n) is 2.45. The first-order valence-corrected chi connectivity index (χ1v) is 6.07. The quantitative estimate of drug-likeness (QED) is 0.688. The number of hydrazone groups is 1. The number of anilines is 2. The van der Waals surface area contributed by atoms with Crippen molar-refractivity contribution in [2.24, 2.45) is 5.10 Å². The van der Waals surface area contributed by atoms with Crippen LogP contribution in [0.5, 0.6) is 0 Å². The summed E-state index contributed by atoms with van der Waals surface area (Å²) in [5.41, 5.74) is 4.88. The molecule has 98 valence electrons. The Bertz CT molecular complexity index is 566. The Morgan fingerprint density at radius 3 is 2.47 bits per heavy atom. The van der Waals surface area contributed by atoms with Crippen LogP contribution < -0.4 is 10.3 Å². The number of hydrogen-bond acceptors (Lipinski definition) is 5. The van der Waals surface area contributed by atoms with Crippen molar-refractivity contribution in [2.75, 3.05) is 24.4 Å². The zero-order valence-electron chi connectivity index (χ0n) is 10.7. The van der Waals surface area contributed by atoms with E-state index in [2.05, 4.69) is 20.5 Å². The minimum Gasteiger partial charge on any atom is -0.378 e. The van der Waals surface area contributed by atoms with Gasteiger partial charge in [-0.25, -0.2) is 9.97 Å². The van der Waals surface area contributed by atoms with Gasteiger partial charge in [0.25, 0.3) is 0 Å². The summed E-state index contributed by atoms with van der Waals surface area (Å²) in [5, 5.41) is 4.37. The maximum Gasteiger partial charge on any atom is 0.184 e. The number of benzene rings is 1. The zero-order valence-corrected chi connectivity index (χ0v) is 11.5. The van der Waals surface area contributed by atoms with E-state index in [0.717, 1.165) is 11.3 Å². The van der Waals surface area contributed by atoms with Gasteiger partial charge in [-0.3, -0.25) is 5.43 Å². The molecule has 1 N–H and O–H groups in total. The highest BCUT2D eigenvalue weighted by molar-refractivity contribution is 6.31. The zero-order chi connectivity index (χ0) is 13.7. The van der Waals surface area contributed by atoms with Crippen molar-refractivity contribution < 1.29 is 0 Å². The summed E-state index contributed by atoms with van der Waals surface area (Å²) < 4.78 is 0. The van der Waals surface area contributed by atoms with Crippen LogP contribution in [0.2, 0.25) is 5.15 Å². The van der Waals surface area contributed by atoms with Gasteiger partial charge in [0.1, 0.15) is 0 Å². The highest BCUT2D eigenvalue weighted by Crippen LogP contribution is 2.14. The lowest BCUT2D eigenvalue weighted by atomic mass is 10.2. The lowest BCUT2D eigenvalue weighted by Gasteiger charge is -2.11. The van der Waals surface area contributed by atoms with Gasteiger partial charge in [0.2, 0.25) is 0 Å². The van der Waals surface area contributed by atoms with Crippen molar-refractivity contribution in [3.63, 3.8) is 0 Å². The molecule has 5 nitrogen and oxygen atoms in total. The van der Waals surface area contributed by atoms with Crippen molar-refractivity contribution in [1.82, 2.24) is 9.97 Å². The van der Waals surface area contributed by atoms with Crippen molar-refractivity contribution in [3.8, 4) is 0 Å². The van der Waals surface area contributed by atoms with Gasteiger partial charge in [-0.2, -0.15) is 5.10 Å². The lowest BCUT2D eigenvalue weighted by Crippen LogP contribution is -2.08. The topological polar surface area (TPSA) is 53.4 Å². The van der Waals surface area contributed by atoms with Crippen LogP contribution >= 0.6 is 11.6 Å². The highest BCUT2D eigenvalue weighted by Gasteiger charge is 1.98. The molecule has 0 fully saturated rings. The van der Waals surface area contributed by atoms with Crippen LogP contribution in [0.15, 0.2) is 41.8 Å². The first-order valence-electron chi connectivity index (χ1n) is 5.70. The largest absolute Gasteiger partial charge is 0.378 e. The van der Waals surface area contributed by atoms with E-state index in [1.54, 1.807) is 12.4 Å². The van der Waals surface area contributed by atoms with Crippen LogP contribution in [0.3, 0.4) is 0 Å². The maximum absolute atomic E-state index is 5.85. The summed E-state index contributed by atoms with van der Waals surface area (Å²) in [5.74, 6) is 0.435. The number of rotatable bonds is 4. The number of aromatic nitrogens is 2. The van der Waals surface area contributed by atoms with Crippen molar-refractivity contribution in [3.05, 3.63) is 47.4 Å². The Balaban J connectivity index is 2.01. The first kappa shape index (κ1) is 13.3. The summed E-state index contributed by atoms with van der Waals surface area (Å²) in [7, 11) is 4.00. The number of nitrogens with one attached hydrogen (secondary N) is 1. The maximum atomic E-state index is 5.85. The molecule has 0 amide bonds. The van der Waals surface area contributed by atoms with E-state index < -0.39 is 0 Å². The molecule has 0 aliphatic heterocycles. The summed E-state index contributed by atoms with van der Waals surface area (Å²) in [6.07, 6.45) is 4.78. The SMILES string of the molecule is CN(C)c1ccc(/C=N\Nc2nccnc2Cl)cc1. The monoisotopic (exact) mass is 275 g/mol. The number of hydrogen-bond donors (Lipinski definition) is 1. The fourth-order valence-corrected chi connectivity index (χ4v) is 1.57. The van der Waals surface area contributed by atoms with E-state index in [-0.39, 0.29) is 0 Å². The minimum atomic E-state index is 0.294. The highest BCUT2D eigenvalue weighted by atomic mass is 35.5. The van der Waals surface area contributed by atoms with E-state index in [9.17, 15) is 0 Å². The van der Waals surface area contributed by atoms with Crippen LogP contribution in [-0.4, -0.2) is 30.3 Å². The van der Waals surface area contributed by atoms with Crippen LogP contribution in [-0.2, 0) is 0 Å². The molecule has 0 bridgehead atoms.